The van der Waals surface area contributed by atoms with E-state index in [0.717, 1.165) is 5.56 Å². The van der Waals surface area contributed by atoms with Crippen molar-refractivity contribution in [3.05, 3.63) is 35.4 Å². The number of nitrogens with zero attached hydrogens (tertiary/aromatic N) is 1. The Balaban J connectivity index is 2.74. The summed E-state index contributed by atoms with van der Waals surface area (Å²) in [5, 5.41) is 11.4. The standard InChI is InChI=1S/C12H14N2O/c1-3-11(8-13)14-12(15)10-6-4-5-9(2)7-10/h4-7,11H,3H2,1-2H3,(H,14,15). The SMILES string of the molecule is CCC(C#N)NC(=O)c1cccc(C)c1. The molecule has 0 saturated carbocycles. The highest BCUT2D eigenvalue weighted by atomic mass is 16.1. The van der Waals surface area contributed by atoms with Gasteiger partial charge in [-0.2, -0.15) is 5.26 Å². The van der Waals surface area contributed by atoms with Crippen LogP contribution in [0.25, 0.3) is 0 Å². The van der Waals surface area contributed by atoms with Crippen LogP contribution in [0.15, 0.2) is 24.3 Å². The second-order valence-electron chi connectivity index (χ2n) is 3.43. The second-order valence-corrected chi connectivity index (χ2v) is 3.43. The number of carbonyl (C=O) groups excluding carboxylic acids is 1. The minimum Gasteiger partial charge on any atom is -0.336 e. The van der Waals surface area contributed by atoms with Crippen molar-refractivity contribution < 1.29 is 4.79 Å². The number of benzene rings is 1. The highest BCUT2D eigenvalue weighted by molar-refractivity contribution is 5.94. The van der Waals surface area contributed by atoms with Crippen LogP contribution < -0.4 is 5.32 Å². The van der Waals surface area contributed by atoms with Gasteiger partial charge in [0.2, 0.25) is 0 Å². The average molecular weight is 202 g/mol. The van der Waals surface area contributed by atoms with Crippen molar-refractivity contribution in [1.29, 1.82) is 5.26 Å². The molecule has 3 nitrogen and oxygen atoms in total. The van der Waals surface area contributed by atoms with Gasteiger partial charge in [-0.1, -0.05) is 24.6 Å². The fraction of sp³-hybridized carbons (Fsp3) is 0.333. The Hall–Kier alpha value is -1.82. The van der Waals surface area contributed by atoms with Gasteiger partial charge >= 0.3 is 0 Å². The molecule has 0 fully saturated rings. The molecule has 0 spiro atoms. The summed E-state index contributed by atoms with van der Waals surface area (Å²) in [5.41, 5.74) is 1.64. The number of nitriles is 1. The minimum absolute atomic E-state index is 0.188. The molecule has 1 atom stereocenters. The van der Waals surface area contributed by atoms with Crippen molar-refractivity contribution in [2.75, 3.05) is 0 Å². The van der Waals surface area contributed by atoms with Crippen LogP contribution in [0.5, 0.6) is 0 Å². The van der Waals surface area contributed by atoms with Crippen molar-refractivity contribution in [3.63, 3.8) is 0 Å². The lowest BCUT2D eigenvalue weighted by molar-refractivity contribution is 0.0944. The molecular formula is C12H14N2O. The first kappa shape index (κ1) is 11.3. The highest BCUT2D eigenvalue weighted by Crippen LogP contribution is 2.04. The van der Waals surface area contributed by atoms with E-state index in [1.165, 1.54) is 0 Å². The number of nitrogens with one attached hydrogen (secondary N) is 1. The van der Waals surface area contributed by atoms with E-state index < -0.39 is 6.04 Å². The Morgan fingerprint density at radius 3 is 2.87 bits per heavy atom. The van der Waals surface area contributed by atoms with Gasteiger partial charge in [-0.25, -0.2) is 0 Å². The maximum absolute atomic E-state index is 11.7. The third-order valence-corrected chi connectivity index (χ3v) is 2.15. The van der Waals surface area contributed by atoms with Crippen LogP contribution in [-0.4, -0.2) is 11.9 Å². The van der Waals surface area contributed by atoms with E-state index in [-0.39, 0.29) is 5.91 Å². The maximum Gasteiger partial charge on any atom is 0.252 e. The summed E-state index contributed by atoms with van der Waals surface area (Å²) in [6, 6.07) is 8.94. The first-order chi connectivity index (χ1) is 7.17. The second kappa shape index (κ2) is 5.16. The van der Waals surface area contributed by atoms with Crippen molar-refractivity contribution in [1.82, 2.24) is 5.32 Å². The topological polar surface area (TPSA) is 52.9 Å². The summed E-state index contributed by atoms with van der Waals surface area (Å²) in [6.45, 7) is 3.79. The number of hydrogen-bond acceptors (Lipinski definition) is 2. The highest BCUT2D eigenvalue weighted by Gasteiger charge is 2.10. The smallest absolute Gasteiger partial charge is 0.252 e. The number of carbonyl (C=O) groups is 1. The van der Waals surface area contributed by atoms with Crippen LogP contribution in [-0.2, 0) is 0 Å². The lowest BCUT2D eigenvalue weighted by Gasteiger charge is -2.09. The molecule has 1 unspecified atom stereocenters. The summed E-state index contributed by atoms with van der Waals surface area (Å²) in [5.74, 6) is -0.188. The molecule has 3 heteroatoms. The lowest BCUT2D eigenvalue weighted by Crippen LogP contribution is -2.33. The van der Waals surface area contributed by atoms with Gasteiger partial charge in [0.05, 0.1) is 6.07 Å². The quantitative estimate of drug-likeness (QED) is 0.815. The number of rotatable bonds is 3. The van der Waals surface area contributed by atoms with E-state index in [9.17, 15) is 4.79 Å². The zero-order valence-corrected chi connectivity index (χ0v) is 8.95. The van der Waals surface area contributed by atoms with E-state index in [0.29, 0.717) is 12.0 Å². The number of aryl methyl sites for hydroxylation is 1. The first-order valence-corrected chi connectivity index (χ1v) is 4.94. The van der Waals surface area contributed by atoms with Gasteiger partial charge in [0.25, 0.3) is 5.91 Å². The molecule has 0 heterocycles. The lowest BCUT2D eigenvalue weighted by atomic mass is 10.1. The van der Waals surface area contributed by atoms with Crippen LogP contribution in [0.4, 0.5) is 0 Å². The van der Waals surface area contributed by atoms with Crippen molar-refractivity contribution >= 4 is 5.91 Å². The summed E-state index contributed by atoms with van der Waals surface area (Å²) >= 11 is 0. The van der Waals surface area contributed by atoms with Crippen LogP contribution in [0.1, 0.15) is 29.3 Å². The molecule has 0 saturated heterocycles. The normalized spacial score (nSPS) is 11.5. The van der Waals surface area contributed by atoms with Gasteiger partial charge < -0.3 is 5.32 Å². The predicted octanol–water partition coefficient (Wildman–Crippen LogP) is 2.03. The van der Waals surface area contributed by atoms with Gasteiger partial charge in [-0.15, -0.1) is 0 Å². The third kappa shape index (κ3) is 3.10. The predicted molar refractivity (Wildman–Crippen MR) is 58.3 cm³/mol. The molecule has 1 rings (SSSR count). The average Bonchev–Trinajstić information content (AvgIpc) is 2.25. The molecule has 78 valence electrons. The first-order valence-electron chi connectivity index (χ1n) is 4.94. The van der Waals surface area contributed by atoms with Crippen LogP contribution in [0.3, 0.4) is 0 Å². The number of hydrogen-bond donors (Lipinski definition) is 1. The fourth-order valence-corrected chi connectivity index (χ4v) is 1.25. The van der Waals surface area contributed by atoms with Crippen molar-refractivity contribution in [2.24, 2.45) is 0 Å². The molecule has 0 bridgehead atoms. The summed E-state index contributed by atoms with van der Waals surface area (Å²) < 4.78 is 0. The number of amides is 1. The molecule has 15 heavy (non-hydrogen) atoms. The van der Waals surface area contributed by atoms with Gasteiger partial charge in [0.15, 0.2) is 0 Å². The Bertz CT molecular complexity index is 393. The van der Waals surface area contributed by atoms with E-state index >= 15 is 0 Å². The van der Waals surface area contributed by atoms with Crippen molar-refractivity contribution in [2.45, 2.75) is 26.3 Å². The van der Waals surface area contributed by atoms with Gasteiger partial charge in [0, 0.05) is 5.56 Å². The fourth-order valence-electron chi connectivity index (χ4n) is 1.25. The van der Waals surface area contributed by atoms with Crippen LogP contribution in [0.2, 0.25) is 0 Å². The Kier molecular flexibility index (Phi) is 3.87. The van der Waals surface area contributed by atoms with E-state index in [4.69, 9.17) is 5.26 Å². The van der Waals surface area contributed by atoms with Gasteiger partial charge in [-0.05, 0) is 25.5 Å². The zero-order chi connectivity index (χ0) is 11.3. The zero-order valence-electron chi connectivity index (χ0n) is 8.95. The molecule has 0 radical (unpaired) electrons. The Morgan fingerprint density at radius 2 is 2.33 bits per heavy atom. The van der Waals surface area contributed by atoms with E-state index in [2.05, 4.69) is 5.32 Å². The third-order valence-electron chi connectivity index (χ3n) is 2.15. The Labute approximate surface area is 89.7 Å². The summed E-state index contributed by atoms with van der Waals surface area (Å²) in [4.78, 5) is 11.7. The van der Waals surface area contributed by atoms with Gasteiger partial charge in [0.1, 0.15) is 6.04 Å². The molecule has 0 aliphatic carbocycles. The van der Waals surface area contributed by atoms with Crippen LogP contribution in [0, 0.1) is 18.3 Å². The van der Waals surface area contributed by atoms with Crippen LogP contribution >= 0.6 is 0 Å². The molecule has 1 aromatic rings. The maximum atomic E-state index is 11.7. The monoisotopic (exact) mass is 202 g/mol. The molecule has 1 N–H and O–H groups in total. The summed E-state index contributed by atoms with van der Waals surface area (Å²) in [6.07, 6.45) is 0.619. The largest absolute Gasteiger partial charge is 0.336 e. The molecular weight excluding hydrogens is 188 g/mol. The summed E-state index contributed by atoms with van der Waals surface area (Å²) in [7, 11) is 0. The molecule has 1 aromatic carbocycles. The van der Waals surface area contributed by atoms with E-state index in [1.54, 1.807) is 12.1 Å². The van der Waals surface area contributed by atoms with E-state index in [1.807, 2.05) is 32.0 Å². The molecule has 0 aliphatic heterocycles. The molecule has 0 aliphatic rings. The minimum atomic E-state index is -0.405. The Morgan fingerprint density at radius 1 is 1.60 bits per heavy atom. The molecule has 1 amide bonds. The molecule has 0 aromatic heterocycles. The van der Waals surface area contributed by atoms with Gasteiger partial charge in [-0.3, -0.25) is 4.79 Å². The van der Waals surface area contributed by atoms with Crippen molar-refractivity contribution in [3.8, 4) is 6.07 Å².